The van der Waals surface area contributed by atoms with Crippen molar-refractivity contribution >= 4 is 5.91 Å². The van der Waals surface area contributed by atoms with Crippen LogP contribution in [0.2, 0.25) is 0 Å². The van der Waals surface area contributed by atoms with Gasteiger partial charge in [-0.15, -0.1) is 0 Å². The van der Waals surface area contributed by atoms with E-state index >= 15 is 0 Å². The molecule has 2 rings (SSSR count). The lowest BCUT2D eigenvalue weighted by Gasteiger charge is -2.08. The van der Waals surface area contributed by atoms with Crippen LogP contribution in [0, 0.1) is 33.6 Å². The normalized spacial score (nSPS) is 11.3. The van der Waals surface area contributed by atoms with Crippen molar-refractivity contribution in [3.8, 4) is 0 Å². The molecule has 24 heavy (non-hydrogen) atoms. The van der Waals surface area contributed by atoms with E-state index in [-0.39, 0.29) is 5.91 Å². The summed E-state index contributed by atoms with van der Waals surface area (Å²) in [5.41, 5.74) is 4.21. The van der Waals surface area contributed by atoms with Crippen LogP contribution in [0.1, 0.15) is 54.6 Å². The average molecular weight is 332 g/mol. The number of carbonyl (C=O) groups excluding carboxylic acids is 1. The van der Waals surface area contributed by atoms with Crippen molar-refractivity contribution in [3.05, 3.63) is 34.3 Å². The second kappa shape index (κ2) is 7.64. The minimum Gasteiger partial charge on any atom is -0.444 e. The molecule has 1 N–H and O–H groups in total. The standard InChI is InChI=1S/C18H28N4O2/c1-11(2)10-22-14(5)16(13(4)21-22)7-8-17(23)19-9-18-20-12(3)15(6)24-18/h11H,7-10H2,1-6H3,(H,19,23). The summed E-state index contributed by atoms with van der Waals surface area (Å²) in [6, 6.07) is 0. The van der Waals surface area contributed by atoms with Crippen molar-refractivity contribution in [3.63, 3.8) is 0 Å². The van der Waals surface area contributed by atoms with Crippen molar-refractivity contribution < 1.29 is 9.21 Å². The Kier molecular flexibility index (Phi) is 5.80. The predicted octanol–water partition coefficient (Wildman–Crippen LogP) is 3.01. The number of hydrogen-bond acceptors (Lipinski definition) is 4. The molecule has 0 unspecified atom stereocenters. The minimum atomic E-state index is -0.00100. The number of carbonyl (C=O) groups is 1. The van der Waals surface area contributed by atoms with Crippen molar-refractivity contribution in [2.24, 2.45) is 5.92 Å². The largest absolute Gasteiger partial charge is 0.444 e. The maximum Gasteiger partial charge on any atom is 0.220 e. The molecule has 0 saturated heterocycles. The van der Waals surface area contributed by atoms with Gasteiger partial charge >= 0.3 is 0 Å². The van der Waals surface area contributed by atoms with E-state index in [4.69, 9.17) is 4.42 Å². The summed E-state index contributed by atoms with van der Waals surface area (Å²) in [5, 5.41) is 7.46. The summed E-state index contributed by atoms with van der Waals surface area (Å²) in [6.45, 7) is 13.4. The summed E-state index contributed by atoms with van der Waals surface area (Å²) in [5.74, 6) is 1.89. The number of aryl methyl sites for hydroxylation is 3. The van der Waals surface area contributed by atoms with Gasteiger partial charge in [0.25, 0.3) is 0 Å². The van der Waals surface area contributed by atoms with Crippen LogP contribution in [-0.4, -0.2) is 20.7 Å². The Hall–Kier alpha value is -2.11. The number of amides is 1. The van der Waals surface area contributed by atoms with Crippen LogP contribution >= 0.6 is 0 Å². The zero-order valence-electron chi connectivity index (χ0n) is 15.6. The highest BCUT2D eigenvalue weighted by Crippen LogP contribution is 2.16. The molecule has 0 radical (unpaired) electrons. The van der Waals surface area contributed by atoms with Gasteiger partial charge in [-0.3, -0.25) is 9.48 Å². The molecule has 0 bridgehead atoms. The second-order valence-corrected chi connectivity index (χ2v) is 6.75. The zero-order chi connectivity index (χ0) is 17.9. The molecule has 6 heteroatoms. The van der Waals surface area contributed by atoms with Gasteiger partial charge in [0.2, 0.25) is 11.8 Å². The predicted molar refractivity (Wildman–Crippen MR) is 92.7 cm³/mol. The summed E-state index contributed by atoms with van der Waals surface area (Å²) in [7, 11) is 0. The molecule has 0 saturated carbocycles. The van der Waals surface area contributed by atoms with Gasteiger partial charge in [-0.1, -0.05) is 13.8 Å². The van der Waals surface area contributed by atoms with Crippen LogP contribution in [0.25, 0.3) is 0 Å². The van der Waals surface area contributed by atoms with Crippen LogP contribution in [0.4, 0.5) is 0 Å². The summed E-state index contributed by atoms with van der Waals surface area (Å²) in [4.78, 5) is 16.3. The number of oxazole rings is 1. The van der Waals surface area contributed by atoms with Gasteiger partial charge in [0.15, 0.2) is 0 Å². The van der Waals surface area contributed by atoms with Crippen molar-refractivity contribution in [2.45, 2.75) is 67.5 Å². The Morgan fingerprint density at radius 3 is 2.50 bits per heavy atom. The molecule has 132 valence electrons. The third-order valence-electron chi connectivity index (χ3n) is 4.18. The molecule has 0 fully saturated rings. The molecule has 2 aromatic rings. The molecule has 2 aromatic heterocycles. The zero-order valence-corrected chi connectivity index (χ0v) is 15.6. The Morgan fingerprint density at radius 2 is 1.92 bits per heavy atom. The number of hydrogen-bond donors (Lipinski definition) is 1. The first-order chi connectivity index (χ1) is 11.3. The fourth-order valence-corrected chi connectivity index (χ4v) is 2.74. The van der Waals surface area contributed by atoms with Crippen LogP contribution < -0.4 is 5.32 Å². The lowest BCUT2D eigenvalue weighted by molar-refractivity contribution is -0.121. The summed E-state index contributed by atoms with van der Waals surface area (Å²) in [6.07, 6.45) is 1.14. The Bertz CT molecular complexity index is 693. The molecule has 0 atom stereocenters. The quantitative estimate of drug-likeness (QED) is 0.846. The van der Waals surface area contributed by atoms with Gasteiger partial charge in [-0.25, -0.2) is 4.98 Å². The SMILES string of the molecule is Cc1nc(CNC(=O)CCc2c(C)nn(CC(C)C)c2C)oc1C. The highest BCUT2D eigenvalue weighted by Gasteiger charge is 2.14. The average Bonchev–Trinajstić information content (AvgIpc) is 2.95. The lowest BCUT2D eigenvalue weighted by atomic mass is 10.1. The molecule has 0 aliphatic rings. The third-order valence-corrected chi connectivity index (χ3v) is 4.18. The maximum atomic E-state index is 12.1. The Labute approximate surface area is 143 Å². The first kappa shape index (κ1) is 18.2. The molecule has 2 heterocycles. The molecule has 0 aromatic carbocycles. The van der Waals surface area contributed by atoms with Gasteiger partial charge in [-0.2, -0.15) is 5.10 Å². The van der Waals surface area contributed by atoms with E-state index in [0.717, 1.165) is 29.4 Å². The molecule has 6 nitrogen and oxygen atoms in total. The minimum absolute atomic E-state index is 0.00100. The van der Waals surface area contributed by atoms with Gasteiger partial charge in [0.05, 0.1) is 17.9 Å². The van der Waals surface area contributed by atoms with Gasteiger partial charge in [-0.05, 0) is 45.6 Å². The molecular formula is C18H28N4O2. The highest BCUT2D eigenvalue weighted by molar-refractivity contribution is 5.76. The van der Waals surface area contributed by atoms with E-state index in [0.29, 0.717) is 31.2 Å². The van der Waals surface area contributed by atoms with Crippen LogP contribution in [0.5, 0.6) is 0 Å². The van der Waals surface area contributed by atoms with Crippen molar-refractivity contribution in [1.82, 2.24) is 20.1 Å². The monoisotopic (exact) mass is 332 g/mol. The first-order valence-electron chi connectivity index (χ1n) is 8.50. The van der Waals surface area contributed by atoms with E-state index in [1.54, 1.807) is 0 Å². The van der Waals surface area contributed by atoms with E-state index < -0.39 is 0 Å². The van der Waals surface area contributed by atoms with E-state index in [9.17, 15) is 4.79 Å². The first-order valence-corrected chi connectivity index (χ1v) is 8.50. The maximum absolute atomic E-state index is 12.1. The van der Waals surface area contributed by atoms with Crippen LogP contribution in [0.15, 0.2) is 4.42 Å². The molecule has 0 spiro atoms. The third kappa shape index (κ3) is 4.46. The fraction of sp³-hybridized carbons (Fsp3) is 0.611. The van der Waals surface area contributed by atoms with Gasteiger partial charge < -0.3 is 9.73 Å². The van der Waals surface area contributed by atoms with E-state index in [1.165, 1.54) is 5.56 Å². The van der Waals surface area contributed by atoms with Gasteiger partial charge in [0, 0.05) is 18.7 Å². The molecular weight excluding hydrogens is 304 g/mol. The second-order valence-electron chi connectivity index (χ2n) is 6.75. The topological polar surface area (TPSA) is 73.0 Å². The van der Waals surface area contributed by atoms with Crippen molar-refractivity contribution in [1.29, 1.82) is 0 Å². The Balaban J connectivity index is 1.88. The summed E-state index contributed by atoms with van der Waals surface area (Å²) >= 11 is 0. The number of rotatable bonds is 7. The van der Waals surface area contributed by atoms with E-state index in [2.05, 4.69) is 36.2 Å². The molecule has 1 amide bonds. The number of aromatic nitrogens is 3. The van der Waals surface area contributed by atoms with E-state index in [1.807, 2.05) is 25.5 Å². The smallest absolute Gasteiger partial charge is 0.220 e. The molecule has 0 aliphatic carbocycles. The summed E-state index contributed by atoms with van der Waals surface area (Å²) < 4.78 is 7.51. The number of nitrogens with one attached hydrogen (secondary N) is 1. The van der Waals surface area contributed by atoms with Crippen LogP contribution in [-0.2, 0) is 24.3 Å². The Morgan fingerprint density at radius 1 is 1.21 bits per heavy atom. The van der Waals surface area contributed by atoms with Gasteiger partial charge in [0.1, 0.15) is 5.76 Å². The number of nitrogens with zero attached hydrogens (tertiary/aromatic N) is 3. The fourth-order valence-electron chi connectivity index (χ4n) is 2.74. The van der Waals surface area contributed by atoms with Crippen molar-refractivity contribution in [2.75, 3.05) is 0 Å². The van der Waals surface area contributed by atoms with Crippen LogP contribution in [0.3, 0.4) is 0 Å². The molecule has 0 aliphatic heterocycles. The highest BCUT2D eigenvalue weighted by atomic mass is 16.4. The lowest BCUT2D eigenvalue weighted by Crippen LogP contribution is -2.23.